The van der Waals surface area contributed by atoms with Crippen LogP contribution < -0.4 is 5.32 Å². The molecule has 0 aliphatic carbocycles. The summed E-state index contributed by atoms with van der Waals surface area (Å²) in [5.41, 5.74) is 1.92. The smallest absolute Gasteiger partial charge is 0.242 e. The molecule has 1 fully saturated rings. The van der Waals surface area contributed by atoms with Crippen LogP contribution in [0.25, 0.3) is 0 Å². The number of aliphatic imine (C=N–C) groups is 1. The Morgan fingerprint density at radius 3 is 2.59 bits per heavy atom. The number of aryl methyl sites for hydroxylation is 1. The number of carbonyl (C=O) groups excluding carboxylic acids is 2. The van der Waals surface area contributed by atoms with E-state index in [1.54, 1.807) is 17.0 Å². The summed E-state index contributed by atoms with van der Waals surface area (Å²) in [7, 11) is 0. The first kappa shape index (κ1) is 21.0. The number of para-hydroxylation sites is 2. The van der Waals surface area contributed by atoms with Crippen molar-refractivity contribution in [2.45, 2.75) is 32.4 Å². The van der Waals surface area contributed by atoms with E-state index in [-0.39, 0.29) is 23.9 Å². The first-order valence-electron chi connectivity index (χ1n) is 9.52. The number of amidine groups is 1. The van der Waals surface area contributed by atoms with Gasteiger partial charge in [0, 0.05) is 13.0 Å². The molecule has 0 unspecified atom stereocenters. The molecule has 2 aromatic carbocycles. The van der Waals surface area contributed by atoms with E-state index in [2.05, 4.69) is 5.32 Å². The monoisotopic (exact) mass is 413 g/mol. The molecule has 0 spiro atoms. The highest BCUT2D eigenvalue weighted by atomic mass is 32.2. The van der Waals surface area contributed by atoms with Crippen LogP contribution in [0.1, 0.15) is 25.8 Å². The molecule has 29 heavy (non-hydrogen) atoms. The van der Waals surface area contributed by atoms with E-state index in [1.807, 2.05) is 45.0 Å². The lowest BCUT2D eigenvalue weighted by Crippen LogP contribution is -2.36. The average Bonchev–Trinajstić information content (AvgIpc) is 2.94. The number of thioether (sulfide) groups is 1. The SMILES string of the molecule is Cc1ccccc1N=C1S[C@@H](CC(=O)Nc2ccccc2F)C(=O)N1CC(C)C. The third kappa shape index (κ3) is 5.23. The highest BCUT2D eigenvalue weighted by Crippen LogP contribution is 2.33. The molecule has 2 aromatic rings. The van der Waals surface area contributed by atoms with Crippen LogP contribution in [0.5, 0.6) is 0 Å². The summed E-state index contributed by atoms with van der Waals surface area (Å²) in [6.07, 6.45) is -0.0424. The maximum atomic E-state index is 13.8. The molecule has 3 rings (SSSR count). The van der Waals surface area contributed by atoms with E-state index < -0.39 is 17.0 Å². The lowest BCUT2D eigenvalue weighted by Gasteiger charge is -2.19. The standard InChI is InChI=1S/C22H24FN3O2S/c1-14(2)13-26-21(28)19(12-20(27)24-18-11-7-5-9-16(18)23)29-22(26)25-17-10-6-4-8-15(17)3/h4-11,14,19H,12-13H2,1-3H3,(H,24,27)/t19-/m0/s1. The maximum Gasteiger partial charge on any atom is 0.242 e. The van der Waals surface area contributed by atoms with E-state index in [4.69, 9.17) is 4.99 Å². The molecule has 0 radical (unpaired) electrons. The molecule has 152 valence electrons. The summed E-state index contributed by atoms with van der Waals surface area (Å²) < 4.78 is 13.8. The Kier molecular flexibility index (Phi) is 6.69. The van der Waals surface area contributed by atoms with E-state index in [0.29, 0.717) is 11.7 Å². The van der Waals surface area contributed by atoms with Crippen LogP contribution in [0.4, 0.5) is 15.8 Å². The lowest BCUT2D eigenvalue weighted by atomic mass is 10.2. The third-order valence-corrected chi connectivity index (χ3v) is 5.59. The molecular weight excluding hydrogens is 389 g/mol. The van der Waals surface area contributed by atoms with Gasteiger partial charge in [-0.2, -0.15) is 0 Å². The van der Waals surface area contributed by atoms with E-state index in [9.17, 15) is 14.0 Å². The fourth-order valence-corrected chi connectivity index (χ4v) is 4.14. The van der Waals surface area contributed by atoms with Gasteiger partial charge in [-0.25, -0.2) is 9.38 Å². The summed E-state index contributed by atoms with van der Waals surface area (Å²) in [6.45, 7) is 6.55. The summed E-state index contributed by atoms with van der Waals surface area (Å²) in [6, 6.07) is 13.7. The largest absolute Gasteiger partial charge is 0.324 e. The van der Waals surface area contributed by atoms with Crippen LogP contribution in [0.2, 0.25) is 0 Å². The van der Waals surface area contributed by atoms with Crippen molar-refractivity contribution in [2.24, 2.45) is 10.9 Å². The van der Waals surface area contributed by atoms with Gasteiger partial charge >= 0.3 is 0 Å². The topological polar surface area (TPSA) is 61.8 Å². The first-order valence-corrected chi connectivity index (χ1v) is 10.4. The van der Waals surface area contributed by atoms with Crippen molar-refractivity contribution in [3.63, 3.8) is 0 Å². The Bertz CT molecular complexity index is 945. The highest BCUT2D eigenvalue weighted by Gasteiger charge is 2.39. The molecule has 0 saturated carbocycles. The minimum Gasteiger partial charge on any atom is -0.324 e. The van der Waals surface area contributed by atoms with Crippen molar-refractivity contribution < 1.29 is 14.0 Å². The lowest BCUT2D eigenvalue weighted by molar-refractivity contribution is -0.128. The fourth-order valence-electron chi connectivity index (χ4n) is 2.98. The van der Waals surface area contributed by atoms with Gasteiger partial charge in [0.1, 0.15) is 11.1 Å². The normalized spacial score (nSPS) is 18.0. The Morgan fingerprint density at radius 1 is 1.21 bits per heavy atom. The molecule has 7 heteroatoms. The van der Waals surface area contributed by atoms with Crippen LogP contribution in [-0.2, 0) is 9.59 Å². The second kappa shape index (κ2) is 9.22. The predicted molar refractivity (Wildman–Crippen MR) is 116 cm³/mol. The quantitative estimate of drug-likeness (QED) is 0.743. The van der Waals surface area contributed by atoms with Crippen LogP contribution >= 0.6 is 11.8 Å². The van der Waals surface area contributed by atoms with E-state index >= 15 is 0 Å². The summed E-state index contributed by atoms with van der Waals surface area (Å²) >= 11 is 1.29. The summed E-state index contributed by atoms with van der Waals surface area (Å²) in [5.74, 6) is -0.788. The number of hydrogen-bond acceptors (Lipinski definition) is 4. The number of halogens is 1. The molecule has 1 aliphatic rings. The molecule has 0 bridgehead atoms. The van der Waals surface area contributed by atoms with Crippen molar-refractivity contribution in [3.8, 4) is 0 Å². The number of carbonyl (C=O) groups is 2. The molecule has 1 saturated heterocycles. The number of nitrogens with one attached hydrogen (secondary N) is 1. The van der Waals surface area contributed by atoms with Gasteiger partial charge in [-0.1, -0.05) is 55.9 Å². The zero-order valence-corrected chi connectivity index (χ0v) is 17.5. The summed E-state index contributed by atoms with van der Waals surface area (Å²) in [5, 5.41) is 2.57. The molecule has 1 atom stereocenters. The van der Waals surface area contributed by atoms with Gasteiger partial charge in [0.05, 0.1) is 11.4 Å². The van der Waals surface area contributed by atoms with Gasteiger partial charge in [0.2, 0.25) is 11.8 Å². The molecule has 0 aromatic heterocycles. The van der Waals surface area contributed by atoms with Gasteiger partial charge in [-0.05, 0) is 36.6 Å². The van der Waals surface area contributed by atoms with E-state index in [0.717, 1.165) is 11.3 Å². The van der Waals surface area contributed by atoms with Crippen LogP contribution in [0.3, 0.4) is 0 Å². The van der Waals surface area contributed by atoms with Crippen molar-refractivity contribution in [3.05, 3.63) is 59.9 Å². The number of nitrogens with zero attached hydrogens (tertiary/aromatic N) is 2. The minimum atomic E-state index is -0.580. The number of hydrogen-bond donors (Lipinski definition) is 1. The Morgan fingerprint density at radius 2 is 1.90 bits per heavy atom. The number of amides is 2. The zero-order valence-electron chi connectivity index (χ0n) is 16.7. The molecule has 1 heterocycles. The Balaban J connectivity index is 1.78. The predicted octanol–water partition coefficient (Wildman–Crippen LogP) is 4.75. The Hall–Kier alpha value is -2.67. The van der Waals surface area contributed by atoms with Crippen LogP contribution in [0, 0.1) is 18.7 Å². The number of anilines is 1. The third-order valence-electron chi connectivity index (χ3n) is 4.42. The van der Waals surface area contributed by atoms with Gasteiger partial charge in [-0.15, -0.1) is 0 Å². The minimum absolute atomic E-state index is 0.0424. The van der Waals surface area contributed by atoms with Crippen LogP contribution in [0.15, 0.2) is 53.5 Å². The Labute approximate surface area is 174 Å². The highest BCUT2D eigenvalue weighted by molar-refractivity contribution is 8.15. The fraction of sp³-hybridized carbons (Fsp3) is 0.318. The van der Waals surface area contributed by atoms with E-state index in [1.165, 1.54) is 23.9 Å². The molecular formula is C22H24FN3O2S. The molecule has 1 aliphatic heterocycles. The molecule has 5 nitrogen and oxygen atoms in total. The second-order valence-corrected chi connectivity index (χ2v) is 8.53. The molecule has 2 amide bonds. The van der Waals surface area contributed by atoms with Crippen molar-refractivity contribution in [1.82, 2.24) is 4.90 Å². The van der Waals surface area contributed by atoms with Gasteiger partial charge in [-0.3, -0.25) is 14.5 Å². The summed E-state index contributed by atoms with van der Waals surface area (Å²) in [4.78, 5) is 31.7. The first-order chi connectivity index (χ1) is 13.8. The van der Waals surface area contributed by atoms with Gasteiger partial charge in [0.15, 0.2) is 5.17 Å². The van der Waals surface area contributed by atoms with Crippen molar-refractivity contribution in [1.29, 1.82) is 0 Å². The number of rotatable bonds is 6. The second-order valence-electron chi connectivity index (χ2n) is 7.36. The average molecular weight is 414 g/mol. The van der Waals surface area contributed by atoms with Crippen LogP contribution in [-0.4, -0.2) is 33.7 Å². The van der Waals surface area contributed by atoms with Crippen molar-refractivity contribution in [2.75, 3.05) is 11.9 Å². The van der Waals surface area contributed by atoms with Crippen molar-refractivity contribution >= 4 is 40.1 Å². The maximum absolute atomic E-state index is 13.8. The zero-order chi connectivity index (χ0) is 21.0. The van der Waals surface area contributed by atoms with Gasteiger partial charge < -0.3 is 5.32 Å². The number of benzene rings is 2. The molecule has 1 N–H and O–H groups in total. The van der Waals surface area contributed by atoms with Gasteiger partial charge in [0.25, 0.3) is 0 Å².